The van der Waals surface area contributed by atoms with Crippen molar-refractivity contribution in [2.75, 3.05) is 7.11 Å². The van der Waals surface area contributed by atoms with Crippen LogP contribution in [0.15, 0.2) is 41.0 Å². The van der Waals surface area contributed by atoms with Gasteiger partial charge in [0.05, 0.1) is 18.1 Å². The highest BCUT2D eigenvalue weighted by molar-refractivity contribution is 9.10. The summed E-state index contributed by atoms with van der Waals surface area (Å²) in [5.41, 5.74) is 1.05. The molecule has 2 rings (SSSR count). The molecule has 0 spiro atoms. The zero-order valence-corrected chi connectivity index (χ0v) is 11.8. The molecule has 0 N–H and O–H groups in total. The van der Waals surface area contributed by atoms with Gasteiger partial charge in [0.15, 0.2) is 5.78 Å². The van der Waals surface area contributed by atoms with Crippen molar-refractivity contribution in [3.05, 3.63) is 52.3 Å². The summed E-state index contributed by atoms with van der Waals surface area (Å²) < 4.78 is 7.47. The molecule has 0 unspecified atom stereocenters. The molecule has 1 heterocycles. The van der Waals surface area contributed by atoms with Gasteiger partial charge >= 0.3 is 0 Å². The number of Topliss-reactive ketones (excluding diaryl/α,β-unsaturated/α-hetero) is 1. The summed E-state index contributed by atoms with van der Waals surface area (Å²) in [6, 6.07) is 10.6. The van der Waals surface area contributed by atoms with Gasteiger partial charge in [-0.25, -0.2) is 0 Å². The lowest BCUT2D eigenvalue weighted by molar-refractivity contribution is 0.0972. The van der Waals surface area contributed by atoms with E-state index in [-0.39, 0.29) is 12.3 Å². The number of nitrogens with zero attached hydrogens (tertiary/aromatic N) is 2. The number of carbonyl (C=O) groups is 1. The van der Waals surface area contributed by atoms with Gasteiger partial charge in [-0.15, -0.1) is 0 Å². The van der Waals surface area contributed by atoms with Crippen molar-refractivity contribution < 1.29 is 9.53 Å². The Labute approximate surface area is 119 Å². The summed E-state index contributed by atoms with van der Waals surface area (Å²) in [4.78, 5) is 12.1. The minimum atomic E-state index is -0.0592. The van der Waals surface area contributed by atoms with Crippen LogP contribution in [-0.4, -0.2) is 17.5 Å². The van der Waals surface area contributed by atoms with E-state index in [1.165, 1.54) is 0 Å². The number of ether oxygens (including phenoxy) is 1. The highest BCUT2D eigenvalue weighted by Gasteiger charge is 2.11. The average Bonchev–Trinajstić information content (AvgIpc) is 2.85. The quantitative estimate of drug-likeness (QED) is 0.814. The van der Waals surface area contributed by atoms with Crippen LogP contribution < -0.4 is 4.74 Å². The van der Waals surface area contributed by atoms with Crippen molar-refractivity contribution in [3.63, 3.8) is 0 Å². The molecule has 0 aliphatic heterocycles. The van der Waals surface area contributed by atoms with Crippen LogP contribution in [0.5, 0.6) is 5.75 Å². The molecular formula is C14H11BrN2O2. The van der Waals surface area contributed by atoms with Crippen molar-refractivity contribution in [1.29, 1.82) is 5.26 Å². The van der Waals surface area contributed by atoms with Crippen molar-refractivity contribution in [3.8, 4) is 11.8 Å². The molecule has 1 aromatic heterocycles. The van der Waals surface area contributed by atoms with E-state index >= 15 is 0 Å². The van der Waals surface area contributed by atoms with Gasteiger partial charge in [-0.05, 0) is 46.3 Å². The summed E-state index contributed by atoms with van der Waals surface area (Å²) in [5.74, 6) is 0.617. The van der Waals surface area contributed by atoms with Crippen LogP contribution in [0, 0.1) is 11.3 Å². The van der Waals surface area contributed by atoms with Gasteiger partial charge in [0.1, 0.15) is 17.5 Å². The smallest absolute Gasteiger partial charge is 0.182 e. The predicted octanol–water partition coefficient (Wildman–Crippen LogP) is 3.01. The minimum absolute atomic E-state index is 0.0592. The summed E-state index contributed by atoms with van der Waals surface area (Å²) >= 11 is 3.35. The van der Waals surface area contributed by atoms with Gasteiger partial charge in [0.25, 0.3) is 0 Å². The number of carbonyl (C=O) groups excluding carboxylic acids is 1. The molecule has 19 heavy (non-hydrogen) atoms. The van der Waals surface area contributed by atoms with Crippen LogP contribution in [0.25, 0.3) is 0 Å². The number of ketones is 1. The first kappa shape index (κ1) is 13.4. The molecule has 0 saturated heterocycles. The van der Waals surface area contributed by atoms with Crippen LogP contribution >= 0.6 is 15.9 Å². The molecule has 2 aromatic rings. The van der Waals surface area contributed by atoms with Crippen LogP contribution in [-0.2, 0) is 6.54 Å². The summed E-state index contributed by atoms with van der Waals surface area (Å²) in [7, 11) is 1.57. The molecule has 0 fully saturated rings. The lowest BCUT2D eigenvalue weighted by Crippen LogP contribution is -2.11. The van der Waals surface area contributed by atoms with Gasteiger partial charge in [0, 0.05) is 11.8 Å². The number of nitriles is 1. The van der Waals surface area contributed by atoms with Gasteiger partial charge < -0.3 is 9.30 Å². The Morgan fingerprint density at radius 2 is 2.26 bits per heavy atom. The van der Waals surface area contributed by atoms with Gasteiger partial charge in [-0.3, -0.25) is 4.79 Å². The summed E-state index contributed by atoms with van der Waals surface area (Å²) in [6.45, 7) is 0.147. The van der Waals surface area contributed by atoms with Crippen LogP contribution in [0.2, 0.25) is 0 Å². The Morgan fingerprint density at radius 1 is 1.47 bits per heavy atom. The second kappa shape index (κ2) is 5.72. The second-order valence-corrected chi connectivity index (χ2v) is 4.76. The van der Waals surface area contributed by atoms with Gasteiger partial charge in [-0.1, -0.05) is 0 Å². The third kappa shape index (κ3) is 2.85. The fraction of sp³-hybridized carbons (Fsp3) is 0.143. The Hall–Kier alpha value is -2.06. The molecule has 4 nitrogen and oxygen atoms in total. The molecule has 0 amide bonds. The monoisotopic (exact) mass is 318 g/mol. The fourth-order valence-corrected chi connectivity index (χ4v) is 2.28. The van der Waals surface area contributed by atoms with E-state index in [9.17, 15) is 4.79 Å². The first-order chi connectivity index (χ1) is 9.15. The third-order valence-corrected chi connectivity index (χ3v) is 3.35. The molecule has 96 valence electrons. The fourth-order valence-electron chi connectivity index (χ4n) is 1.74. The molecule has 5 heteroatoms. The highest BCUT2D eigenvalue weighted by atomic mass is 79.9. The van der Waals surface area contributed by atoms with Crippen molar-refractivity contribution in [2.24, 2.45) is 0 Å². The topological polar surface area (TPSA) is 55.0 Å². The number of methoxy groups -OCH3 is 1. The maximum absolute atomic E-state index is 12.1. The predicted molar refractivity (Wildman–Crippen MR) is 74.2 cm³/mol. The Morgan fingerprint density at radius 3 is 2.89 bits per heavy atom. The maximum atomic E-state index is 12.1. The first-order valence-electron chi connectivity index (χ1n) is 5.57. The van der Waals surface area contributed by atoms with Crippen molar-refractivity contribution >= 4 is 21.7 Å². The van der Waals surface area contributed by atoms with E-state index in [4.69, 9.17) is 10.00 Å². The highest BCUT2D eigenvalue weighted by Crippen LogP contribution is 2.25. The third-order valence-electron chi connectivity index (χ3n) is 2.73. The van der Waals surface area contributed by atoms with Crippen LogP contribution in [0.3, 0.4) is 0 Å². The number of benzene rings is 1. The summed E-state index contributed by atoms with van der Waals surface area (Å²) in [5, 5.41) is 8.90. The molecule has 0 atom stereocenters. The molecule has 1 aromatic carbocycles. The lowest BCUT2D eigenvalue weighted by Gasteiger charge is -2.07. The second-order valence-electron chi connectivity index (χ2n) is 3.91. The Balaban J connectivity index is 2.21. The standard InChI is InChI=1S/C14H11BrN2O2/c1-19-14-5-4-10(7-12(14)15)13(18)9-17-6-2-3-11(17)8-16/h2-7H,9H2,1H3. The minimum Gasteiger partial charge on any atom is -0.496 e. The lowest BCUT2D eigenvalue weighted by atomic mass is 10.1. The summed E-state index contributed by atoms with van der Waals surface area (Å²) in [6.07, 6.45) is 1.72. The zero-order chi connectivity index (χ0) is 13.8. The number of halogens is 1. The SMILES string of the molecule is COc1ccc(C(=O)Cn2cccc2C#N)cc1Br. The first-order valence-corrected chi connectivity index (χ1v) is 6.37. The Bertz CT molecular complexity index is 656. The van der Waals surface area contributed by atoms with Crippen LogP contribution in [0.4, 0.5) is 0 Å². The molecule has 0 radical (unpaired) electrons. The van der Waals surface area contributed by atoms with Crippen molar-refractivity contribution in [1.82, 2.24) is 4.57 Å². The van der Waals surface area contributed by atoms with E-state index in [0.29, 0.717) is 17.0 Å². The van der Waals surface area contributed by atoms with Crippen molar-refractivity contribution in [2.45, 2.75) is 6.54 Å². The van der Waals surface area contributed by atoms with Crippen LogP contribution in [0.1, 0.15) is 16.1 Å². The largest absolute Gasteiger partial charge is 0.496 e. The number of hydrogen-bond acceptors (Lipinski definition) is 3. The number of hydrogen-bond donors (Lipinski definition) is 0. The zero-order valence-electron chi connectivity index (χ0n) is 10.3. The van der Waals surface area contributed by atoms with E-state index in [1.807, 2.05) is 6.07 Å². The average molecular weight is 319 g/mol. The van der Waals surface area contributed by atoms with Gasteiger partial charge in [0.2, 0.25) is 0 Å². The molecular weight excluding hydrogens is 308 g/mol. The number of rotatable bonds is 4. The molecule has 0 bridgehead atoms. The van der Waals surface area contributed by atoms with E-state index in [2.05, 4.69) is 15.9 Å². The van der Waals surface area contributed by atoms with E-state index < -0.39 is 0 Å². The molecule has 0 aliphatic rings. The van der Waals surface area contributed by atoms with Gasteiger partial charge in [-0.2, -0.15) is 5.26 Å². The van der Waals surface area contributed by atoms with E-state index in [1.54, 1.807) is 48.2 Å². The van der Waals surface area contributed by atoms with E-state index in [0.717, 1.165) is 4.47 Å². The Kier molecular flexibility index (Phi) is 4.03. The normalized spacial score (nSPS) is 9.95. The molecule has 0 aliphatic carbocycles. The molecule has 0 saturated carbocycles. The number of aromatic nitrogens is 1. The maximum Gasteiger partial charge on any atom is 0.182 e.